The Morgan fingerprint density at radius 2 is 2.29 bits per heavy atom. The number of halogens is 1. The molecule has 1 heterocycles. The van der Waals surface area contributed by atoms with E-state index in [0.29, 0.717) is 6.42 Å². The molecular weight excluding hydrogens is 214 g/mol. The molecule has 14 heavy (non-hydrogen) atoms. The highest BCUT2D eigenvalue weighted by molar-refractivity contribution is 7.23. The average molecular weight is 222 g/mol. The number of benzene rings is 1. The van der Waals surface area contributed by atoms with E-state index in [-0.39, 0.29) is 0 Å². The molecule has 0 unspecified atom stereocenters. The normalized spacial score (nSPS) is 10.4. The predicted octanol–water partition coefficient (Wildman–Crippen LogP) is 3.93. The Kier molecular flexibility index (Phi) is 2.45. The van der Waals surface area contributed by atoms with Crippen molar-refractivity contribution in [3.63, 3.8) is 0 Å². The summed E-state index contributed by atoms with van der Waals surface area (Å²) in [5, 5.41) is 9.87. The van der Waals surface area contributed by atoms with E-state index in [9.17, 15) is 0 Å². The van der Waals surface area contributed by atoms with Gasteiger partial charge in [-0.1, -0.05) is 23.7 Å². The van der Waals surface area contributed by atoms with Gasteiger partial charge >= 0.3 is 0 Å². The lowest BCUT2D eigenvalue weighted by Crippen LogP contribution is -1.82. The summed E-state index contributed by atoms with van der Waals surface area (Å²) in [4.78, 5) is 0. The van der Waals surface area contributed by atoms with Crippen LogP contribution < -0.4 is 0 Å². The monoisotopic (exact) mass is 221 g/mol. The van der Waals surface area contributed by atoms with Crippen LogP contribution in [0.15, 0.2) is 18.2 Å². The first-order valence-electron chi connectivity index (χ1n) is 4.27. The molecule has 0 fully saturated rings. The van der Waals surface area contributed by atoms with Gasteiger partial charge in [0, 0.05) is 15.6 Å². The summed E-state index contributed by atoms with van der Waals surface area (Å²) in [7, 11) is 0. The molecule has 0 spiro atoms. The van der Waals surface area contributed by atoms with Crippen LogP contribution in [0.4, 0.5) is 0 Å². The number of aryl methyl sites for hydroxylation is 1. The molecule has 0 bridgehead atoms. The van der Waals surface area contributed by atoms with Gasteiger partial charge in [-0.15, -0.1) is 11.3 Å². The van der Waals surface area contributed by atoms with E-state index >= 15 is 0 Å². The summed E-state index contributed by atoms with van der Waals surface area (Å²) in [6.07, 6.45) is 0.393. The third-order valence-corrected chi connectivity index (χ3v) is 3.67. The van der Waals surface area contributed by atoms with Crippen molar-refractivity contribution in [2.24, 2.45) is 0 Å². The van der Waals surface area contributed by atoms with Crippen molar-refractivity contribution >= 4 is 33.0 Å². The van der Waals surface area contributed by atoms with Gasteiger partial charge in [0.25, 0.3) is 0 Å². The van der Waals surface area contributed by atoms with Crippen LogP contribution in [0.2, 0.25) is 4.34 Å². The van der Waals surface area contributed by atoms with Crippen LogP contribution in [0.5, 0.6) is 0 Å². The fraction of sp³-hybridized carbons (Fsp3) is 0.182. The Bertz CT molecular complexity index is 522. The number of nitriles is 1. The Morgan fingerprint density at radius 1 is 1.50 bits per heavy atom. The summed E-state index contributed by atoms with van der Waals surface area (Å²) in [5.74, 6) is 0. The molecule has 0 atom stereocenters. The van der Waals surface area contributed by atoms with Gasteiger partial charge in [-0.2, -0.15) is 5.26 Å². The van der Waals surface area contributed by atoms with Crippen LogP contribution in [0.25, 0.3) is 10.1 Å². The molecule has 0 amide bonds. The minimum Gasteiger partial charge on any atom is -0.198 e. The van der Waals surface area contributed by atoms with Crippen molar-refractivity contribution in [2.75, 3.05) is 0 Å². The van der Waals surface area contributed by atoms with Gasteiger partial charge in [0.15, 0.2) is 0 Å². The fourth-order valence-electron chi connectivity index (χ4n) is 1.61. The molecule has 0 aliphatic heterocycles. The lowest BCUT2D eigenvalue weighted by molar-refractivity contribution is 1.30. The van der Waals surface area contributed by atoms with Crippen LogP contribution >= 0.6 is 22.9 Å². The number of thiophene rings is 1. The number of fused-ring (bicyclic) bond motifs is 1. The summed E-state index contributed by atoms with van der Waals surface area (Å²) in [5.41, 5.74) is 2.17. The summed E-state index contributed by atoms with van der Waals surface area (Å²) in [6, 6.07) is 8.26. The van der Waals surface area contributed by atoms with Gasteiger partial charge in [-0.3, -0.25) is 0 Å². The highest BCUT2D eigenvalue weighted by Crippen LogP contribution is 2.36. The molecule has 1 aromatic carbocycles. The molecule has 2 rings (SSSR count). The Labute approximate surface area is 91.5 Å². The Balaban J connectivity index is 2.81. The van der Waals surface area contributed by atoms with Crippen LogP contribution in [0, 0.1) is 18.3 Å². The molecule has 2 aromatic rings. The third-order valence-electron chi connectivity index (χ3n) is 2.23. The summed E-state index contributed by atoms with van der Waals surface area (Å²) >= 11 is 7.63. The van der Waals surface area contributed by atoms with Crippen molar-refractivity contribution in [1.82, 2.24) is 0 Å². The molecule has 1 aromatic heterocycles. The second-order valence-corrected chi connectivity index (χ2v) is 4.79. The van der Waals surface area contributed by atoms with E-state index in [4.69, 9.17) is 16.9 Å². The molecule has 0 aliphatic rings. The number of hydrogen-bond donors (Lipinski definition) is 0. The molecule has 1 nitrogen and oxygen atoms in total. The van der Waals surface area contributed by atoms with Crippen molar-refractivity contribution in [3.8, 4) is 6.07 Å². The van der Waals surface area contributed by atoms with Crippen molar-refractivity contribution < 1.29 is 0 Å². The quantitative estimate of drug-likeness (QED) is 0.716. The molecule has 0 N–H and O–H groups in total. The van der Waals surface area contributed by atoms with Crippen molar-refractivity contribution in [3.05, 3.63) is 33.7 Å². The van der Waals surface area contributed by atoms with E-state index in [0.717, 1.165) is 15.3 Å². The lowest BCUT2D eigenvalue weighted by Gasteiger charge is -1.97. The van der Waals surface area contributed by atoms with Crippen LogP contribution in [-0.2, 0) is 6.42 Å². The molecule has 0 aliphatic carbocycles. The zero-order valence-corrected chi connectivity index (χ0v) is 9.25. The van der Waals surface area contributed by atoms with Crippen LogP contribution in [-0.4, -0.2) is 0 Å². The first kappa shape index (κ1) is 9.51. The second kappa shape index (κ2) is 3.61. The van der Waals surface area contributed by atoms with Gasteiger partial charge in [-0.25, -0.2) is 0 Å². The number of rotatable bonds is 1. The van der Waals surface area contributed by atoms with Crippen LogP contribution in [0.3, 0.4) is 0 Å². The topological polar surface area (TPSA) is 23.8 Å². The largest absolute Gasteiger partial charge is 0.198 e. The van der Waals surface area contributed by atoms with Gasteiger partial charge in [0.05, 0.1) is 16.8 Å². The van der Waals surface area contributed by atoms with E-state index in [1.54, 1.807) is 11.3 Å². The standard InChI is InChI=1S/C11H8ClNS/c1-7-3-2-4-9-10(7)8(5-6-13)11(12)14-9/h2-4H,5H2,1H3. The highest BCUT2D eigenvalue weighted by atomic mass is 35.5. The first-order chi connectivity index (χ1) is 6.74. The maximum Gasteiger partial charge on any atom is 0.0983 e. The van der Waals surface area contributed by atoms with Gasteiger partial charge in [-0.05, 0) is 18.6 Å². The zero-order chi connectivity index (χ0) is 10.1. The molecular formula is C11H8ClNS. The average Bonchev–Trinajstić information content (AvgIpc) is 2.45. The first-order valence-corrected chi connectivity index (χ1v) is 5.47. The molecule has 3 heteroatoms. The van der Waals surface area contributed by atoms with Crippen LogP contribution in [0.1, 0.15) is 11.1 Å². The number of hydrogen-bond acceptors (Lipinski definition) is 2. The molecule has 0 saturated heterocycles. The summed E-state index contributed by atoms with van der Waals surface area (Å²) < 4.78 is 1.91. The smallest absolute Gasteiger partial charge is 0.0983 e. The Morgan fingerprint density at radius 3 is 3.00 bits per heavy atom. The van der Waals surface area contributed by atoms with E-state index in [2.05, 4.69) is 6.07 Å². The maximum atomic E-state index is 8.71. The highest BCUT2D eigenvalue weighted by Gasteiger charge is 2.11. The third kappa shape index (κ3) is 1.39. The van der Waals surface area contributed by atoms with Crippen molar-refractivity contribution in [2.45, 2.75) is 13.3 Å². The maximum absolute atomic E-state index is 8.71. The van der Waals surface area contributed by atoms with Gasteiger partial charge in [0.1, 0.15) is 0 Å². The molecule has 70 valence electrons. The van der Waals surface area contributed by atoms with E-state index < -0.39 is 0 Å². The fourth-order valence-corrected chi connectivity index (χ4v) is 3.04. The lowest BCUT2D eigenvalue weighted by atomic mass is 10.1. The molecule has 0 saturated carbocycles. The van der Waals surface area contributed by atoms with E-state index in [1.165, 1.54) is 10.3 Å². The number of nitrogens with zero attached hydrogens (tertiary/aromatic N) is 1. The SMILES string of the molecule is Cc1cccc2sc(Cl)c(CC#N)c12. The Hall–Kier alpha value is -1.04. The molecule has 0 radical (unpaired) electrons. The van der Waals surface area contributed by atoms with Gasteiger partial charge in [0.2, 0.25) is 0 Å². The van der Waals surface area contributed by atoms with Gasteiger partial charge < -0.3 is 0 Å². The minimum atomic E-state index is 0.393. The predicted molar refractivity (Wildman–Crippen MR) is 60.9 cm³/mol. The second-order valence-electron chi connectivity index (χ2n) is 3.14. The van der Waals surface area contributed by atoms with E-state index in [1.807, 2.05) is 25.1 Å². The zero-order valence-electron chi connectivity index (χ0n) is 7.67. The van der Waals surface area contributed by atoms with Crippen molar-refractivity contribution in [1.29, 1.82) is 5.26 Å². The summed E-state index contributed by atoms with van der Waals surface area (Å²) in [6.45, 7) is 2.05. The minimum absolute atomic E-state index is 0.393.